The third-order valence-electron chi connectivity index (χ3n) is 5.55. The molecule has 32 heavy (non-hydrogen) atoms. The van der Waals surface area contributed by atoms with Gasteiger partial charge in [-0.15, -0.1) is 0 Å². The van der Waals surface area contributed by atoms with Gasteiger partial charge in [0.1, 0.15) is 0 Å². The molecule has 0 aliphatic heterocycles. The van der Waals surface area contributed by atoms with Crippen molar-refractivity contribution in [3.8, 4) is 0 Å². The van der Waals surface area contributed by atoms with Gasteiger partial charge in [-0.3, -0.25) is 4.79 Å². The third-order valence-corrected chi connectivity index (χ3v) is 6.03. The van der Waals surface area contributed by atoms with Gasteiger partial charge < -0.3 is 10.2 Å². The zero-order chi connectivity index (χ0) is 23.3. The van der Waals surface area contributed by atoms with Crippen LogP contribution >= 0.6 is 23.2 Å². The maximum atomic E-state index is 13.6. The van der Waals surface area contributed by atoms with Crippen LogP contribution in [0.1, 0.15) is 47.8 Å². The molecule has 0 aromatic heterocycles. The van der Waals surface area contributed by atoms with Crippen molar-refractivity contribution in [3.05, 3.63) is 99.0 Å². The number of hydrogen-bond acceptors (Lipinski definition) is 2. The summed E-state index contributed by atoms with van der Waals surface area (Å²) < 4.78 is 0. The summed E-state index contributed by atoms with van der Waals surface area (Å²) >= 11 is 12.2. The predicted molar refractivity (Wildman–Crippen MR) is 136 cm³/mol. The third kappa shape index (κ3) is 6.27. The maximum absolute atomic E-state index is 13.6. The highest BCUT2D eigenvalue weighted by atomic mass is 35.5. The first kappa shape index (κ1) is 24.2. The molecule has 1 amide bonds. The smallest absolute Gasteiger partial charge is 0.256 e. The lowest BCUT2D eigenvalue weighted by Crippen LogP contribution is -2.33. The summed E-state index contributed by atoms with van der Waals surface area (Å²) in [4.78, 5) is 15.5. The van der Waals surface area contributed by atoms with Crippen LogP contribution in [0.4, 0.5) is 5.69 Å². The van der Waals surface area contributed by atoms with E-state index in [1.165, 1.54) is 5.56 Å². The first-order valence-electron chi connectivity index (χ1n) is 10.8. The standard InChI is InChI=1S/C27H30Cl2N2O/c1-27(2,3)21-9-5-20(6-10-21)18-31(16-15-19-7-11-22(28)12-8-19)26(32)24-17-23(29)13-14-25(24)30-4/h5-14,17,30H,15-16,18H2,1-4H3. The van der Waals surface area contributed by atoms with E-state index < -0.39 is 0 Å². The van der Waals surface area contributed by atoms with Crippen molar-refractivity contribution in [1.29, 1.82) is 0 Å². The molecule has 3 aromatic carbocycles. The summed E-state index contributed by atoms with van der Waals surface area (Å²) in [6.07, 6.45) is 0.735. The van der Waals surface area contributed by atoms with Crippen LogP contribution < -0.4 is 5.32 Å². The van der Waals surface area contributed by atoms with Gasteiger partial charge in [-0.1, -0.05) is 80.4 Å². The van der Waals surface area contributed by atoms with E-state index in [2.05, 4.69) is 50.4 Å². The van der Waals surface area contributed by atoms with Gasteiger partial charge in [-0.05, 0) is 58.9 Å². The molecule has 0 unspecified atom stereocenters. The van der Waals surface area contributed by atoms with Gasteiger partial charge >= 0.3 is 0 Å². The highest BCUT2D eigenvalue weighted by Gasteiger charge is 2.20. The zero-order valence-electron chi connectivity index (χ0n) is 19.1. The Labute approximate surface area is 201 Å². The molecule has 3 rings (SSSR count). The molecule has 5 heteroatoms. The van der Waals surface area contributed by atoms with Crippen molar-refractivity contribution in [3.63, 3.8) is 0 Å². The molecule has 0 radical (unpaired) electrons. The maximum Gasteiger partial charge on any atom is 0.256 e. The predicted octanol–water partition coefficient (Wildman–Crippen LogP) is 7.22. The first-order valence-corrected chi connectivity index (χ1v) is 11.5. The molecule has 0 heterocycles. The number of nitrogens with zero attached hydrogens (tertiary/aromatic N) is 1. The van der Waals surface area contributed by atoms with Gasteiger partial charge in [-0.2, -0.15) is 0 Å². The quantitative estimate of drug-likeness (QED) is 0.396. The number of hydrogen-bond donors (Lipinski definition) is 1. The Morgan fingerprint density at radius 1 is 0.875 bits per heavy atom. The highest BCUT2D eigenvalue weighted by molar-refractivity contribution is 6.31. The Hall–Kier alpha value is -2.49. The molecule has 0 aliphatic carbocycles. The number of carbonyl (C=O) groups excluding carboxylic acids is 1. The van der Waals surface area contributed by atoms with Crippen LogP contribution in [-0.4, -0.2) is 24.4 Å². The van der Waals surface area contributed by atoms with Gasteiger partial charge in [0.25, 0.3) is 5.91 Å². The van der Waals surface area contributed by atoms with E-state index >= 15 is 0 Å². The molecular formula is C27H30Cl2N2O. The lowest BCUT2D eigenvalue weighted by Gasteiger charge is -2.25. The van der Waals surface area contributed by atoms with Gasteiger partial charge in [-0.25, -0.2) is 0 Å². The number of carbonyl (C=O) groups is 1. The second-order valence-electron chi connectivity index (χ2n) is 8.99. The van der Waals surface area contributed by atoms with E-state index in [1.807, 2.05) is 42.3 Å². The summed E-state index contributed by atoms with van der Waals surface area (Å²) in [5, 5.41) is 4.35. The van der Waals surface area contributed by atoms with Crippen molar-refractivity contribution in [2.45, 2.75) is 39.2 Å². The number of amides is 1. The lowest BCUT2D eigenvalue weighted by atomic mass is 9.87. The number of nitrogens with one attached hydrogen (secondary N) is 1. The molecule has 0 bridgehead atoms. The molecule has 3 aromatic rings. The summed E-state index contributed by atoms with van der Waals surface area (Å²) in [5.41, 5.74) is 4.92. The van der Waals surface area contributed by atoms with Gasteiger partial charge in [0.2, 0.25) is 0 Å². The molecule has 0 fully saturated rings. The number of benzene rings is 3. The van der Waals surface area contributed by atoms with Crippen LogP contribution in [0.3, 0.4) is 0 Å². The second-order valence-corrected chi connectivity index (χ2v) is 9.86. The Bertz CT molecular complexity index is 1050. The molecule has 0 saturated heterocycles. The molecule has 0 atom stereocenters. The molecule has 168 valence electrons. The fraction of sp³-hybridized carbons (Fsp3) is 0.296. The van der Waals surface area contributed by atoms with Crippen LogP contribution in [0.15, 0.2) is 66.7 Å². The van der Waals surface area contributed by atoms with Crippen LogP contribution in [0.5, 0.6) is 0 Å². The minimum Gasteiger partial charge on any atom is -0.387 e. The van der Waals surface area contributed by atoms with Crippen LogP contribution in [0.2, 0.25) is 10.0 Å². The first-order chi connectivity index (χ1) is 15.2. The molecular weight excluding hydrogens is 439 g/mol. The van der Waals surface area contributed by atoms with E-state index in [-0.39, 0.29) is 11.3 Å². The van der Waals surface area contributed by atoms with E-state index in [1.54, 1.807) is 12.1 Å². The normalized spacial score (nSPS) is 11.3. The van der Waals surface area contributed by atoms with Crippen molar-refractivity contribution in [2.24, 2.45) is 0 Å². The van der Waals surface area contributed by atoms with Crippen LogP contribution in [0.25, 0.3) is 0 Å². The number of rotatable bonds is 7. The number of halogens is 2. The second kappa shape index (κ2) is 10.4. The molecule has 0 saturated carbocycles. The summed E-state index contributed by atoms with van der Waals surface area (Å²) in [6.45, 7) is 7.69. The van der Waals surface area contributed by atoms with E-state index in [4.69, 9.17) is 23.2 Å². The summed E-state index contributed by atoms with van der Waals surface area (Å²) in [6, 6.07) is 21.6. The van der Waals surface area contributed by atoms with E-state index in [9.17, 15) is 4.79 Å². The highest BCUT2D eigenvalue weighted by Crippen LogP contribution is 2.25. The summed E-state index contributed by atoms with van der Waals surface area (Å²) in [7, 11) is 1.81. The Kier molecular flexibility index (Phi) is 7.86. The molecule has 0 spiro atoms. The van der Waals surface area contributed by atoms with E-state index in [0.29, 0.717) is 28.7 Å². The minimum absolute atomic E-state index is 0.0503. The van der Waals surface area contributed by atoms with Crippen molar-refractivity contribution in [2.75, 3.05) is 18.9 Å². The van der Waals surface area contributed by atoms with Crippen molar-refractivity contribution < 1.29 is 4.79 Å². The zero-order valence-corrected chi connectivity index (χ0v) is 20.6. The average Bonchev–Trinajstić information content (AvgIpc) is 2.77. The average molecular weight is 469 g/mol. The molecule has 1 N–H and O–H groups in total. The molecule has 0 aliphatic rings. The van der Waals surface area contributed by atoms with Crippen molar-refractivity contribution in [1.82, 2.24) is 4.90 Å². The van der Waals surface area contributed by atoms with Crippen LogP contribution in [0, 0.1) is 0 Å². The monoisotopic (exact) mass is 468 g/mol. The fourth-order valence-electron chi connectivity index (χ4n) is 3.58. The Balaban J connectivity index is 1.87. The summed E-state index contributed by atoms with van der Waals surface area (Å²) in [5.74, 6) is -0.0503. The van der Waals surface area contributed by atoms with Gasteiger partial charge in [0.05, 0.1) is 5.56 Å². The number of anilines is 1. The topological polar surface area (TPSA) is 32.3 Å². The minimum atomic E-state index is -0.0503. The molecule has 3 nitrogen and oxygen atoms in total. The van der Waals surface area contributed by atoms with Crippen molar-refractivity contribution >= 4 is 34.8 Å². The van der Waals surface area contributed by atoms with Gasteiger partial charge in [0.15, 0.2) is 0 Å². The largest absolute Gasteiger partial charge is 0.387 e. The van der Waals surface area contributed by atoms with E-state index in [0.717, 1.165) is 23.2 Å². The Morgan fingerprint density at radius 3 is 2.06 bits per heavy atom. The fourth-order valence-corrected chi connectivity index (χ4v) is 3.88. The SMILES string of the molecule is CNc1ccc(Cl)cc1C(=O)N(CCc1ccc(Cl)cc1)Cc1ccc(C(C)(C)C)cc1. The van der Waals surface area contributed by atoms with Gasteiger partial charge in [0, 0.05) is 35.9 Å². The Morgan fingerprint density at radius 2 is 1.47 bits per heavy atom. The lowest BCUT2D eigenvalue weighted by molar-refractivity contribution is 0.0746. The van der Waals surface area contributed by atoms with Crippen LogP contribution in [-0.2, 0) is 18.4 Å².